The fraction of sp³-hybridized carbons (Fsp3) is 0.500. The molecule has 0 bridgehead atoms. The summed E-state index contributed by atoms with van der Waals surface area (Å²) in [6.45, 7) is 1.83. The fourth-order valence-electron chi connectivity index (χ4n) is 0.719. The average Bonchev–Trinajstić information content (AvgIpc) is 2.03. The summed E-state index contributed by atoms with van der Waals surface area (Å²) in [5, 5.41) is 0. The molecule has 0 saturated heterocycles. The highest BCUT2D eigenvalue weighted by Gasteiger charge is 2.13. The highest BCUT2D eigenvalue weighted by Crippen LogP contribution is 2.30. The van der Waals surface area contributed by atoms with Crippen molar-refractivity contribution in [3.8, 4) is 0 Å². The number of aromatic nitrogens is 3. The lowest BCUT2D eigenvalue weighted by atomic mass is 10.5. The van der Waals surface area contributed by atoms with Crippen molar-refractivity contribution in [1.29, 1.82) is 0 Å². The zero-order valence-electron chi connectivity index (χ0n) is 6.51. The number of aryl methyl sites for hydroxylation is 1. The molecule has 0 N–H and O–H groups in total. The van der Waals surface area contributed by atoms with E-state index in [1.165, 1.54) is 0 Å². The molecule has 1 aromatic heterocycles. The summed E-state index contributed by atoms with van der Waals surface area (Å²) in [7, 11) is 0. The quantitative estimate of drug-likeness (QED) is 0.660. The zero-order valence-corrected chi connectivity index (χ0v) is 12.9. The van der Waals surface area contributed by atoms with Crippen LogP contribution in [0.15, 0.2) is 0 Å². The van der Waals surface area contributed by atoms with Crippen LogP contribution in [0.1, 0.15) is 24.9 Å². The fourth-order valence-corrected chi connectivity index (χ4v) is 1.54. The molecular weight excluding hydrogens is 434 g/mol. The van der Waals surface area contributed by atoms with Crippen LogP contribution in [0.5, 0.6) is 0 Å². The molecular formula is C6H5Br4N3. The smallest absolute Gasteiger partial charge is 0.156 e. The van der Waals surface area contributed by atoms with Gasteiger partial charge in [0, 0.05) is 0 Å². The first kappa shape index (κ1) is 12.0. The zero-order chi connectivity index (χ0) is 10.0. The minimum absolute atomic E-state index is 0.0424. The molecule has 0 aliphatic carbocycles. The first-order valence-corrected chi connectivity index (χ1v) is 6.95. The van der Waals surface area contributed by atoms with Gasteiger partial charge in [-0.1, -0.05) is 63.7 Å². The van der Waals surface area contributed by atoms with Crippen LogP contribution in [-0.2, 0) is 0 Å². The summed E-state index contributed by atoms with van der Waals surface area (Å²) >= 11 is 13.3. The molecule has 7 heteroatoms. The molecule has 0 atom stereocenters. The molecule has 0 amide bonds. The SMILES string of the molecule is Cc1nc(C(Br)Br)nc(C(Br)Br)n1. The van der Waals surface area contributed by atoms with Crippen LogP contribution in [-0.4, -0.2) is 15.0 Å². The molecule has 1 aromatic rings. The van der Waals surface area contributed by atoms with Gasteiger partial charge >= 0.3 is 0 Å². The highest BCUT2D eigenvalue weighted by atomic mass is 79.9. The van der Waals surface area contributed by atoms with Crippen LogP contribution in [0, 0.1) is 6.92 Å². The predicted octanol–water partition coefficient (Wildman–Crippen LogP) is 3.76. The van der Waals surface area contributed by atoms with E-state index in [4.69, 9.17) is 0 Å². The third-order valence-corrected chi connectivity index (χ3v) is 2.81. The van der Waals surface area contributed by atoms with Crippen LogP contribution >= 0.6 is 63.7 Å². The van der Waals surface area contributed by atoms with Crippen molar-refractivity contribution in [1.82, 2.24) is 15.0 Å². The summed E-state index contributed by atoms with van der Waals surface area (Å²) in [4.78, 5) is 12.5. The normalized spacial score (nSPS) is 11.3. The van der Waals surface area contributed by atoms with E-state index in [9.17, 15) is 0 Å². The molecule has 0 saturated carbocycles. The van der Waals surface area contributed by atoms with Crippen LogP contribution in [0.3, 0.4) is 0 Å². The molecule has 0 aromatic carbocycles. The van der Waals surface area contributed by atoms with E-state index in [2.05, 4.69) is 78.7 Å². The van der Waals surface area contributed by atoms with E-state index < -0.39 is 0 Å². The monoisotopic (exact) mass is 435 g/mol. The van der Waals surface area contributed by atoms with E-state index in [0.29, 0.717) is 17.5 Å². The Morgan fingerprint density at radius 3 is 1.54 bits per heavy atom. The molecule has 13 heavy (non-hydrogen) atoms. The topological polar surface area (TPSA) is 38.7 Å². The number of hydrogen-bond acceptors (Lipinski definition) is 3. The van der Waals surface area contributed by atoms with Crippen molar-refractivity contribution in [2.75, 3.05) is 0 Å². The molecule has 0 radical (unpaired) electrons. The van der Waals surface area contributed by atoms with E-state index in [-0.39, 0.29) is 7.47 Å². The number of halogens is 4. The Morgan fingerprint density at radius 1 is 0.846 bits per heavy atom. The van der Waals surface area contributed by atoms with Gasteiger partial charge in [0.05, 0.1) is 0 Å². The van der Waals surface area contributed by atoms with Crippen molar-refractivity contribution in [2.24, 2.45) is 0 Å². The maximum Gasteiger partial charge on any atom is 0.156 e. The third kappa shape index (κ3) is 3.53. The largest absolute Gasteiger partial charge is 0.216 e. The molecule has 0 unspecified atom stereocenters. The standard InChI is InChI=1S/C6H5Br4N3/c1-2-11-5(3(7)8)13-6(12-2)4(9)10/h3-4H,1H3. The van der Waals surface area contributed by atoms with Gasteiger partial charge in [0.1, 0.15) is 13.3 Å². The maximum atomic E-state index is 4.22. The van der Waals surface area contributed by atoms with E-state index in [1.807, 2.05) is 6.92 Å². The lowest BCUT2D eigenvalue weighted by molar-refractivity contribution is 0.862. The second-order valence-corrected chi connectivity index (χ2v) is 8.32. The summed E-state index contributed by atoms with van der Waals surface area (Å²) < 4.78 is -0.0848. The van der Waals surface area contributed by atoms with Gasteiger partial charge in [-0.05, 0) is 6.92 Å². The molecule has 0 fully saturated rings. The average molecular weight is 439 g/mol. The molecule has 0 aliphatic heterocycles. The minimum Gasteiger partial charge on any atom is -0.216 e. The predicted molar refractivity (Wildman–Crippen MR) is 65.8 cm³/mol. The molecule has 0 spiro atoms. The van der Waals surface area contributed by atoms with Gasteiger partial charge in [-0.2, -0.15) is 0 Å². The van der Waals surface area contributed by atoms with Crippen molar-refractivity contribution in [3.63, 3.8) is 0 Å². The van der Waals surface area contributed by atoms with Gasteiger partial charge < -0.3 is 0 Å². The summed E-state index contributed by atoms with van der Waals surface area (Å²) in [6.07, 6.45) is 0. The van der Waals surface area contributed by atoms with E-state index >= 15 is 0 Å². The van der Waals surface area contributed by atoms with Crippen LogP contribution in [0.2, 0.25) is 0 Å². The van der Waals surface area contributed by atoms with Gasteiger partial charge in [-0.15, -0.1) is 0 Å². The second-order valence-electron chi connectivity index (χ2n) is 2.20. The molecule has 3 nitrogen and oxygen atoms in total. The lowest BCUT2D eigenvalue weighted by Crippen LogP contribution is -2.04. The first-order chi connectivity index (χ1) is 6.00. The molecule has 1 heterocycles. The van der Waals surface area contributed by atoms with E-state index in [0.717, 1.165) is 0 Å². The summed E-state index contributed by atoms with van der Waals surface area (Å²) in [5.74, 6) is 2.05. The Bertz CT molecular complexity index is 276. The molecule has 72 valence electrons. The van der Waals surface area contributed by atoms with Crippen LogP contribution < -0.4 is 0 Å². The molecule has 1 rings (SSSR count). The van der Waals surface area contributed by atoms with Crippen molar-refractivity contribution in [3.05, 3.63) is 17.5 Å². The maximum absolute atomic E-state index is 4.22. The van der Waals surface area contributed by atoms with Crippen LogP contribution in [0.4, 0.5) is 0 Å². The summed E-state index contributed by atoms with van der Waals surface area (Å²) in [5.41, 5.74) is 0. The first-order valence-electron chi connectivity index (χ1n) is 3.29. The Hall–Kier alpha value is 0.930. The van der Waals surface area contributed by atoms with E-state index in [1.54, 1.807) is 0 Å². The van der Waals surface area contributed by atoms with Gasteiger partial charge in [0.2, 0.25) is 0 Å². The van der Waals surface area contributed by atoms with Gasteiger partial charge in [0.15, 0.2) is 11.6 Å². The summed E-state index contributed by atoms with van der Waals surface area (Å²) in [6, 6.07) is 0. The second kappa shape index (κ2) is 5.14. The van der Waals surface area contributed by atoms with Gasteiger partial charge in [0.25, 0.3) is 0 Å². The Morgan fingerprint density at radius 2 is 1.23 bits per heavy atom. The minimum atomic E-state index is -0.0424. The van der Waals surface area contributed by atoms with Crippen molar-refractivity contribution >= 4 is 63.7 Å². The number of rotatable bonds is 2. The number of hydrogen-bond donors (Lipinski definition) is 0. The van der Waals surface area contributed by atoms with Gasteiger partial charge in [-0.25, -0.2) is 15.0 Å². The van der Waals surface area contributed by atoms with Gasteiger partial charge in [-0.3, -0.25) is 0 Å². The number of nitrogens with zero attached hydrogens (tertiary/aromatic N) is 3. The number of alkyl halides is 4. The highest BCUT2D eigenvalue weighted by molar-refractivity contribution is 9.24. The third-order valence-electron chi connectivity index (χ3n) is 1.17. The lowest BCUT2D eigenvalue weighted by Gasteiger charge is -2.05. The Kier molecular flexibility index (Phi) is 4.74. The van der Waals surface area contributed by atoms with Crippen molar-refractivity contribution in [2.45, 2.75) is 14.4 Å². The van der Waals surface area contributed by atoms with Crippen LogP contribution in [0.25, 0.3) is 0 Å². The molecule has 0 aliphatic rings. The Labute approximate surface area is 110 Å². The Balaban J connectivity index is 3.11. The van der Waals surface area contributed by atoms with Crippen molar-refractivity contribution < 1.29 is 0 Å².